The molecule has 0 fully saturated rings. The third-order valence-corrected chi connectivity index (χ3v) is 3.09. The Hall–Kier alpha value is -1.63. The van der Waals surface area contributed by atoms with E-state index in [9.17, 15) is 14.0 Å². The summed E-state index contributed by atoms with van der Waals surface area (Å²) >= 11 is 3.20. The average molecular weight is 333 g/mol. The van der Waals surface area contributed by atoms with Crippen molar-refractivity contribution in [2.24, 2.45) is 0 Å². The van der Waals surface area contributed by atoms with Crippen molar-refractivity contribution in [2.75, 3.05) is 18.9 Å². The van der Waals surface area contributed by atoms with Gasteiger partial charge in [-0.3, -0.25) is 4.79 Å². The van der Waals surface area contributed by atoms with Gasteiger partial charge >= 0.3 is 12.0 Å². The maximum absolute atomic E-state index is 13.0. The lowest BCUT2D eigenvalue weighted by Gasteiger charge is -2.18. The summed E-state index contributed by atoms with van der Waals surface area (Å²) in [7, 11) is 1.55. The molecule has 1 rings (SSSR count). The first kappa shape index (κ1) is 15.4. The van der Waals surface area contributed by atoms with E-state index < -0.39 is 17.8 Å². The highest BCUT2D eigenvalue weighted by Crippen LogP contribution is 2.23. The number of amides is 2. The first-order valence-electron chi connectivity index (χ1n) is 5.59. The number of carboxylic acids is 1. The fourth-order valence-electron chi connectivity index (χ4n) is 1.37. The first-order valence-corrected chi connectivity index (χ1v) is 6.38. The standard InChI is InChI=1S/C12H14BrFN2O3/c1-16(6-2-3-11(17)18)12(19)15-10-7-8(14)4-5-9(10)13/h4-5,7H,2-3,6H2,1H3,(H,15,19)(H,17,18). The van der Waals surface area contributed by atoms with E-state index in [0.29, 0.717) is 23.1 Å². The summed E-state index contributed by atoms with van der Waals surface area (Å²) in [6, 6.07) is 3.55. The number of aliphatic carboxylic acids is 1. The zero-order valence-corrected chi connectivity index (χ0v) is 11.9. The minimum Gasteiger partial charge on any atom is -0.481 e. The second kappa shape index (κ2) is 7.08. The topological polar surface area (TPSA) is 69.6 Å². The summed E-state index contributed by atoms with van der Waals surface area (Å²) in [5, 5.41) is 11.0. The molecule has 19 heavy (non-hydrogen) atoms. The van der Waals surface area contributed by atoms with E-state index in [-0.39, 0.29) is 6.42 Å². The maximum atomic E-state index is 13.0. The minimum atomic E-state index is -0.901. The number of carbonyl (C=O) groups is 2. The van der Waals surface area contributed by atoms with Crippen molar-refractivity contribution < 1.29 is 19.1 Å². The summed E-state index contributed by atoms with van der Waals surface area (Å²) in [6.07, 6.45) is 0.366. The molecule has 1 aromatic carbocycles. The van der Waals surface area contributed by atoms with Crippen LogP contribution in [-0.2, 0) is 4.79 Å². The molecule has 104 valence electrons. The van der Waals surface area contributed by atoms with Crippen LogP contribution in [0.5, 0.6) is 0 Å². The Morgan fingerprint density at radius 3 is 2.79 bits per heavy atom. The first-order chi connectivity index (χ1) is 8.90. The van der Waals surface area contributed by atoms with Gasteiger partial charge in [0.2, 0.25) is 0 Å². The summed E-state index contributed by atoms with van der Waals surface area (Å²) < 4.78 is 13.6. The Kier molecular flexibility index (Phi) is 5.75. The molecule has 0 aliphatic heterocycles. The highest BCUT2D eigenvalue weighted by molar-refractivity contribution is 9.10. The lowest BCUT2D eigenvalue weighted by atomic mass is 10.3. The van der Waals surface area contributed by atoms with E-state index in [2.05, 4.69) is 21.2 Å². The molecule has 2 N–H and O–H groups in total. The molecule has 5 nitrogen and oxygen atoms in total. The summed E-state index contributed by atoms with van der Waals surface area (Å²) in [5.41, 5.74) is 0.329. The fourth-order valence-corrected chi connectivity index (χ4v) is 1.72. The lowest BCUT2D eigenvalue weighted by molar-refractivity contribution is -0.137. The monoisotopic (exact) mass is 332 g/mol. The van der Waals surface area contributed by atoms with Crippen LogP contribution < -0.4 is 5.32 Å². The Labute approximate surface area is 118 Å². The van der Waals surface area contributed by atoms with Crippen molar-refractivity contribution in [3.8, 4) is 0 Å². The van der Waals surface area contributed by atoms with E-state index in [1.165, 1.54) is 23.1 Å². The minimum absolute atomic E-state index is 0.00127. The van der Waals surface area contributed by atoms with Crippen LogP contribution in [0.1, 0.15) is 12.8 Å². The smallest absolute Gasteiger partial charge is 0.321 e. The zero-order chi connectivity index (χ0) is 14.4. The predicted molar refractivity (Wildman–Crippen MR) is 72.6 cm³/mol. The summed E-state index contributed by atoms with van der Waals surface area (Å²) in [4.78, 5) is 23.5. The van der Waals surface area contributed by atoms with Crippen LogP contribution in [0.25, 0.3) is 0 Å². The molecule has 2 amide bonds. The van der Waals surface area contributed by atoms with Gasteiger partial charge in [0, 0.05) is 24.5 Å². The maximum Gasteiger partial charge on any atom is 0.321 e. The van der Waals surface area contributed by atoms with Crippen molar-refractivity contribution in [3.63, 3.8) is 0 Å². The number of urea groups is 1. The van der Waals surface area contributed by atoms with Gasteiger partial charge in [-0.1, -0.05) is 0 Å². The van der Waals surface area contributed by atoms with E-state index in [0.717, 1.165) is 0 Å². The lowest BCUT2D eigenvalue weighted by Crippen LogP contribution is -2.32. The van der Waals surface area contributed by atoms with Crippen molar-refractivity contribution in [3.05, 3.63) is 28.5 Å². The van der Waals surface area contributed by atoms with Crippen LogP contribution in [0.4, 0.5) is 14.9 Å². The van der Waals surface area contributed by atoms with Gasteiger partial charge in [-0.05, 0) is 40.5 Å². The van der Waals surface area contributed by atoms with Gasteiger partial charge in [0.25, 0.3) is 0 Å². The molecule has 0 saturated heterocycles. The van der Waals surface area contributed by atoms with Gasteiger partial charge in [0.15, 0.2) is 0 Å². The van der Waals surface area contributed by atoms with Gasteiger partial charge in [0.1, 0.15) is 5.82 Å². The van der Waals surface area contributed by atoms with Gasteiger partial charge in [-0.25, -0.2) is 9.18 Å². The average Bonchev–Trinajstić information content (AvgIpc) is 2.33. The number of benzene rings is 1. The van der Waals surface area contributed by atoms with Crippen molar-refractivity contribution in [1.82, 2.24) is 4.90 Å². The molecule has 0 bridgehead atoms. The third-order valence-electron chi connectivity index (χ3n) is 2.40. The molecule has 0 aliphatic carbocycles. The third kappa shape index (κ3) is 5.25. The second-order valence-corrected chi connectivity index (χ2v) is 4.83. The van der Waals surface area contributed by atoms with Crippen LogP contribution >= 0.6 is 15.9 Å². The molecule has 0 heterocycles. The van der Waals surface area contributed by atoms with Crippen LogP contribution in [-0.4, -0.2) is 35.6 Å². The molecule has 7 heteroatoms. The van der Waals surface area contributed by atoms with Gasteiger partial charge in [0.05, 0.1) is 5.69 Å². The molecule has 0 atom stereocenters. The normalized spacial score (nSPS) is 10.1. The van der Waals surface area contributed by atoms with Gasteiger partial charge in [-0.2, -0.15) is 0 Å². The van der Waals surface area contributed by atoms with Crippen molar-refractivity contribution >= 4 is 33.6 Å². The van der Waals surface area contributed by atoms with Crippen molar-refractivity contribution in [2.45, 2.75) is 12.8 Å². The number of nitrogens with one attached hydrogen (secondary N) is 1. The summed E-state index contributed by atoms with van der Waals surface area (Å²) in [5.74, 6) is -1.35. The predicted octanol–water partition coefficient (Wildman–Crippen LogP) is 2.92. The van der Waals surface area contributed by atoms with Crippen LogP contribution in [0.3, 0.4) is 0 Å². The highest BCUT2D eigenvalue weighted by Gasteiger charge is 2.11. The van der Waals surface area contributed by atoms with E-state index in [4.69, 9.17) is 5.11 Å². The molecule has 0 spiro atoms. The zero-order valence-electron chi connectivity index (χ0n) is 10.3. The number of hydrogen-bond acceptors (Lipinski definition) is 2. The number of halogens is 2. The number of carbonyl (C=O) groups excluding carboxylic acids is 1. The molecule has 0 radical (unpaired) electrons. The second-order valence-electron chi connectivity index (χ2n) is 3.97. The number of rotatable bonds is 5. The molecule has 0 saturated carbocycles. The Balaban J connectivity index is 2.54. The van der Waals surface area contributed by atoms with E-state index >= 15 is 0 Å². The molecular formula is C12H14BrFN2O3. The molecule has 0 aliphatic rings. The Morgan fingerprint density at radius 2 is 2.16 bits per heavy atom. The van der Waals surface area contributed by atoms with Crippen LogP contribution in [0.15, 0.2) is 22.7 Å². The number of carboxylic acid groups (broad SMARTS) is 1. The van der Waals surface area contributed by atoms with Gasteiger partial charge in [-0.15, -0.1) is 0 Å². The number of nitrogens with zero attached hydrogens (tertiary/aromatic N) is 1. The Morgan fingerprint density at radius 1 is 1.47 bits per heavy atom. The number of anilines is 1. The van der Waals surface area contributed by atoms with Gasteiger partial charge < -0.3 is 15.3 Å². The quantitative estimate of drug-likeness (QED) is 0.870. The van der Waals surface area contributed by atoms with E-state index in [1.807, 2.05) is 0 Å². The van der Waals surface area contributed by atoms with Crippen LogP contribution in [0.2, 0.25) is 0 Å². The van der Waals surface area contributed by atoms with E-state index in [1.54, 1.807) is 7.05 Å². The Bertz CT molecular complexity index is 482. The molecule has 0 aromatic heterocycles. The summed E-state index contributed by atoms with van der Waals surface area (Å²) in [6.45, 7) is 0.311. The SMILES string of the molecule is CN(CCCC(=O)O)C(=O)Nc1cc(F)ccc1Br. The van der Waals surface area contributed by atoms with Crippen molar-refractivity contribution in [1.29, 1.82) is 0 Å². The molecule has 0 unspecified atom stereocenters. The highest BCUT2D eigenvalue weighted by atomic mass is 79.9. The number of hydrogen-bond donors (Lipinski definition) is 2. The van der Waals surface area contributed by atoms with Crippen LogP contribution in [0, 0.1) is 5.82 Å². The molecular weight excluding hydrogens is 319 g/mol. The molecule has 1 aromatic rings. The fraction of sp³-hybridized carbons (Fsp3) is 0.333. The largest absolute Gasteiger partial charge is 0.481 e.